The van der Waals surface area contributed by atoms with Crippen molar-refractivity contribution in [1.29, 1.82) is 0 Å². The third-order valence-corrected chi connectivity index (χ3v) is 4.27. The fourth-order valence-corrected chi connectivity index (χ4v) is 3.03. The molecule has 1 amide bonds. The van der Waals surface area contributed by atoms with Crippen LogP contribution in [-0.4, -0.2) is 40.1 Å². The largest absolute Gasteiger partial charge is 0.493 e. The molecule has 2 aromatic rings. The van der Waals surface area contributed by atoms with E-state index in [4.69, 9.17) is 4.74 Å². The number of amides is 1. The molecule has 0 saturated carbocycles. The van der Waals surface area contributed by atoms with Gasteiger partial charge in [-0.1, -0.05) is 12.1 Å². The molecule has 1 aromatic heterocycles. The molecule has 1 fully saturated rings. The van der Waals surface area contributed by atoms with Gasteiger partial charge in [0.2, 0.25) is 5.91 Å². The second kappa shape index (κ2) is 7.31. The minimum atomic E-state index is 0.169. The number of likely N-dealkylation sites (tertiary alicyclic amines) is 1. The Morgan fingerprint density at radius 1 is 1.43 bits per heavy atom. The molecule has 0 spiro atoms. The molecule has 0 bridgehead atoms. The van der Waals surface area contributed by atoms with Crippen LogP contribution < -0.4 is 4.74 Å². The van der Waals surface area contributed by atoms with E-state index in [1.54, 1.807) is 6.20 Å². The van der Waals surface area contributed by atoms with Crippen molar-refractivity contribution >= 4 is 5.91 Å². The molecule has 1 aliphatic heterocycles. The highest BCUT2D eigenvalue weighted by Crippen LogP contribution is 2.21. The van der Waals surface area contributed by atoms with Crippen LogP contribution >= 0.6 is 0 Å². The first kappa shape index (κ1) is 15.6. The molecule has 1 saturated heterocycles. The summed E-state index contributed by atoms with van der Waals surface area (Å²) in [5.74, 6) is 0.996. The molecule has 5 heteroatoms. The Labute approximate surface area is 136 Å². The molecule has 0 N–H and O–H groups in total. The second-order valence-electron chi connectivity index (χ2n) is 6.06. The molecule has 5 nitrogen and oxygen atoms in total. The number of hydrogen-bond donors (Lipinski definition) is 0. The van der Waals surface area contributed by atoms with E-state index in [1.807, 2.05) is 48.6 Å². The molecule has 1 aliphatic rings. The Bertz CT molecular complexity index is 639. The monoisotopic (exact) mass is 313 g/mol. The van der Waals surface area contributed by atoms with Crippen molar-refractivity contribution in [2.24, 2.45) is 0 Å². The van der Waals surface area contributed by atoms with Crippen LogP contribution in [0.5, 0.6) is 5.75 Å². The van der Waals surface area contributed by atoms with Gasteiger partial charge >= 0.3 is 0 Å². The quantitative estimate of drug-likeness (QED) is 0.853. The number of hydrogen-bond acceptors (Lipinski definition) is 3. The van der Waals surface area contributed by atoms with Crippen molar-refractivity contribution in [3.05, 3.63) is 48.5 Å². The third kappa shape index (κ3) is 4.12. The number of nitrogens with zero attached hydrogens (tertiary/aromatic N) is 3. The van der Waals surface area contributed by atoms with Crippen LogP contribution in [0.1, 0.15) is 30.9 Å². The van der Waals surface area contributed by atoms with Gasteiger partial charge in [-0.05, 0) is 37.5 Å². The van der Waals surface area contributed by atoms with E-state index in [0.29, 0.717) is 19.1 Å². The van der Waals surface area contributed by atoms with E-state index in [-0.39, 0.29) is 5.91 Å². The lowest BCUT2D eigenvalue weighted by molar-refractivity contribution is -0.133. The summed E-state index contributed by atoms with van der Waals surface area (Å²) in [6.45, 7) is 4.06. The van der Waals surface area contributed by atoms with E-state index >= 15 is 0 Å². The van der Waals surface area contributed by atoms with Gasteiger partial charge < -0.3 is 14.2 Å². The van der Waals surface area contributed by atoms with Crippen molar-refractivity contribution < 1.29 is 9.53 Å². The maximum Gasteiger partial charge on any atom is 0.226 e. The first-order valence-corrected chi connectivity index (χ1v) is 8.17. The molecule has 0 aliphatic carbocycles. The van der Waals surface area contributed by atoms with Gasteiger partial charge in [0.25, 0.3) is 0 Å². The molecular weight excluding hydrogens is 290 g/mol. The molecule has 2 heterocycles. The molecule has 1 atom stereocenters. The predicted octanol–water partition coefficient (Wildman–Crippen LogP) is 2.82. The first-order chi connectivity index (χ1) is 11.2. The topological polar surface area (TPSA) is 47.4 Å². The number of imidazole rings is 1. The Morgan fingerprint density at radius 2 is 2.35 bits per heavy atom. The van der Waals surface area contributed by atoms with E-state index in [9.17, 15) is 4.79 Å². The van der Waals surface area contributed by atoms with E-state index in [2.05, 4.69) is 9.55 Å². The number of piperidine rings is 1. The minimum absolute atomic E-state index is 0.169. The summed E-state index contributed by atoms with van der Waals surface area (Å²) >= 11 is 0. The zero-order valence-corrected chi connectivity index (χ0v) is 13.5. The van der Waals surface area contributed by atoms with E-state index < -0.39 is 0 Å². The second-order valence-corrected chi connectivity index (χ2v) is 6.06. The maximum absolute atomic E-state index is 12.4. The van der Waals surface area contributed by atoms with Crippen molar-refractivity contribution in [3.63, 3.8) is 0 Å². The van der Waals surface area contributed by atoms with Crippen LogP contribution in [0.15, 0.2) is 43.0 Å². The number of benzene rings is 1. The van der Waals surface area contributed by atoms with Gasteiger partial charge in [0.15, 0.2) is 0 Å². The van der Waals surface area contributed by atoms with Crippen LogP contribution in [0.4, 0.5) is 0 Å². The lowest BCUT2D eigenvalue weighted by Crippen LogP contribution is -2.41. The summed E-state index contributed by atoms with van der Waals surface area (Å²) in [5.41, 5.74) is 1.16. The highest BCUT2D eigenvalue weighted by Gasteiger charge is 2.24. The van der Waals surface area contributed by atoms with Gasteiger partial charge in [0.1, 0.15) is 5.75 Å². The number of ether oxygens (including phenoxy) is 1. The van der Waals surface area contributed by atoms with E-state index in [1.165, 1.54) is 0 Å². The fraction of sp³-hybridized carbons (Fsp3) is 0.444. The van der Waals surface area contributed by atoms with Gasteiger partial charge in [-0.25, -0.2) is 4.98 Å². The predicted molar refractivity (Wildman–Crippen MR) is 88.4 cm³/mol. The normalized spacial score (nSPS) is 18.0. The summed E-state index contributed by atoms with van der Waals surface area (Å²) in [4.78, 5) is 18.4. The lowest BCUT2D eigenvalue weighted by atomic mass is 10.1. The Kier molecular flexibility index (Phi) is 4.95. The summed E-state index contributed by atoms with van der Waals surface area (Å²) in [7, 11) is 0. The van der Waals surface area contributed by atoms with Crippen LogP contribution in [0.25, 0.3) is 0 Å². The van der Waals surface area contributed by atoms with Crippen molar-refractivity contribution in [1.82, 2.24) is 14.5 Å². The van der Waals surface area contributed by atoms with Crippen molar-refractivity contribution in [3.8, 4) is 5.75 Å². The smallest absolute Gasteiger partial charge is 0.226 e. The van der Waals surface area contributed by atoms with Crippen LogP contribution in [0, 0.1) is 6.92 Å². The van der Waals surface area contributed by atoms with Crippen LogP contribution in [-0.2, 0) is 4.79 Å². The number of rotatable bonds is 5. The van der Waals surface area contributed by atoms with E-state index in [0.717, 1.165) is 37.2 Å². The zero-order chi connectivity index (χ0) is 16.1. The Morgan fingerprint density at radius 3 is 3.13 bits per heavy atom. The first-order valence-electron chi connectivity index (χ1n) is 8.17. The summed E-state index contributed by atoms with van der Waals surface area (Å²) < 4.78 is 7.78. The standard InChI is InChI=1S/C18H23N3O2/c1-15-4-2-6-17(12-15)23-11-7-18(22)20-9-3-5-16(13-20)21-10-8-19-14-21/h2,4,6,8,10,12,14,16H,3,5,7,9,11,13H2,1H3/t16-/m1/s1. The summed E-state index contributed by atoms with van der Waals surface area (Å²) in [5, 5.41) is 0. The Balaban J connectivity index is 1.48. The zero-order valence-electron chi connectivity index (χ0n) is 13.5. The van der Waals surface area contributed by atoms with Gasteiger partial charge in [-0.3, -0.25) is 4.79 Å². The van der Waals surface area contributed by atoms with Gasteiger partial charge in [0, 0.05) is 25.5 Å². The number of aryl methyl sites for hydroxylation is 1. The average molecular weight is 313 g/mol. The van der Waals surface area contributed by atoms with Crippen molar-refractivity contribution in [2.45, 2.75) is 32.2 Å². The average Bonchev–Trinajstić information content (AvgIpc) is 3.09. The third-order valence-electron chi connectivity index (χ3n) is 4.27. The van der Waals surface area contributed by atoms with Crippen molar-refractivity contribution in [2.75, 3.05) is 19.7 Å². The van der Waals surface area contributed by atoms with Crippen LogP contribution in [0.3, 0.4) is 0 Å². The summed E-state index contributed by atoms with van der Waals surface area (Å²) in [6, 6.07) is 8.25. The molecule has 0 radical (unpaired) electrons. The van der Waals surface area contributed by atoms with Gasteiger partial charge in [-0.15, -0.1) is 0 Å². The number of aromatic nitrogens is 2. The molecular formula is C18H23N3O2. The molecule has 3 rings (SSSR count). The van der Waals surface area contributed by atoms with Gasteiger partial charge in [0.05, 0.1) is 25.4 Å². The number of carbonyl (C=O) groups is 1. The van der Waals surface area contributed by atoms with Crippen LogP contribution in [0.2, 0.25) is 0 Å². The van der Waals surface area contributed by atoms with Gasteiger partial charge in [-0.2, -0.15) is 0 Å². The molecule has 1 aromatic carbocycles. The molecule has 0 unspecified atom stereocenters. The highest BCUT2D eigenvalue weighted by atomic mass is 16.5. The Hall–Kier alpha value is -2.30. The number of carbonyl (C=O) groups excluding carboxylic acids is 1. The highest BCUT2D eigenvalue weighted by molar-refractivity contribution is 5.76. The lowest BCUT2D eigenvalue weighted by Gasteiger charge is -2.33. The minimum Gasteiger partial charge on any atom is -0.493 e. The maximum atomic E-state index is 12.4. The summed E-state index contributed by atoms with van der Waals surface area (Å²) in [6.07, 6.45) is 8.15. The molecule has 122 valence electrons. The SMILES string of the molecule is Cc1cccc(OCCC(=O)N2CCC[C@@H](n3ccnc3)C2)c1. The fourth-order valence-electron chi connectivity index (χ4n) is 3.03. The molecule has 23 heavy (non-hydrogen) atoms.